The Bertz CT molecular complexity index is 538. The highest BCUT2D eigenvalue weighted by molar-refractivity contribution is 5.59. The van der Waals surface area contributed by atoms with Gasteiger partial charge in [0.05, 0.1) is 12.6 Å². The predicted molar refractivity (Wildman–Crippen MR) is 75.2 cm³/mol. The number of para-hydroxylation sites is 1. The largest absolute Gasteiger partial charge is 0.389 e. The van der Waals surface area contributed by atoms with E-state index in [0.29, 0.717) is 19.1 Å². The van der Waals surface area contributed by atoms with Crippen molar-refractivity contribution in [2.75, 3.05) is 11.4 Å². The fourth-order valence-corrected chi connectivity index (χ4v) is 2.82. The van der Waals surface area contributed by atoms with Crippen LogP contribution in [0.4, 0.5) is 5.69 Å². The van der Waals surface area contributed by atoms with Crippen LogP contribution in [0.2, 0.25) is 0 Å². The van der Waals surface area contributed by atoms with Crippen molar-refractivity contribution in [2.24, 2.45) is 0 Å². The first-order chi connectivity index (χ1) is 9.24. The maximum absolute atomic E-state index is 10.2. The van der Waals surface area contributed by atoms with E-state index in [-0.39, 0.29) is 0 Å². The lowest BCUT2D eigenvalue weighted by molar-refractivity contribution is 0.153. The van der Waals surface area contributed by atoms with Gasteiger partial charge in [0.15, 0.2) is 0 Å². The number of aromatic nitrogens is 2. The third-order valence-corrected chi connectivity index (χ3v) is 3.71. The number of nitrogens with zero attached hydrogens (tertiary/aromatic N) is 3. The summed E-state index contributed by atoms with van der Waals surface area (Å²) in [6, 6.07) is 10.8. The molecule has 1 aliphatic rings. The number of β-amino-alcohol motifs (C(OH)–C–C–N with tert-alkyl or cyclic N) is 1. The molecule has 1 aromatic carbocycles. The molecule has 4 nitrogen and oxygen atoms in total. The summed E-state index contributed by atoms with van der Waals surface area (Å²) in [6.07, 6.45) is 4.27. The first-order valence-corrected chi connectivity index (χ1v) is 6.74. The average Bonchev–Trinajstić information content (AvgIpc) is 2.99. The lowest BCUT2D eigenvalue weighted by Gasteiger charge is -2.27. The van der Waals surface area contributed by atoms with E-state index < -0.39 is 6.10 Å². The van der Waals surface area contributed by atoms with Crippen LogP contribution in [-0.4, -0.2) is 33.6 Å². The molecule has 19 heavy (non-hydrogen) atoms. The molecule has 0 fully saturated rings. The molecule has 1 aliphatic heterocycles. The molecule has 0 unspecified atom stereocenters. The Morgan fingerprint density at radius 1 is 1.32 bits per heavy atom. The molecule has 0 bridgehead atoms. The van der Waals surface area contributed by atoms with Crippen LogP contribution in [0.3, 0.4) is 0 Å². The highest BCUT2D eigenvalue weighted by Crippen LogP contribution is 2.31. The van der Waals surface area contributed by atoms with Crippen molar-refractivity contribution < 1.29 is 5.11 Å². The number of hydrogen-bond donors (Lipinski definition) is 1. The van der Waals surface area contributed by atoms with Gasteiger partial charge >= 0.3 is 0 Å². The minimum atomic E-state index is -0.409. The zero-order chi connectivity index (χ0) is 13.2. The molecule has 0 saturated carbocycles. The van der Waals surface area contributed by atoms with Crippen molar-refractivity contribution in [3.8, 4) is 0 Å². The molecule has 0 amide bonds. The Morgan fingerprint density at radius 2 is 2.16 bits per heavy atom. The molecular weight excluding hydrogens is 238 g/mol. The molecule has 0 radical (unpaired) electrons. The fraction of sp³-hybridized carbons (Fsp3) is 0.400. The van der Waals surface area contributed by atoms with Gasteiger partial charge in [0.25, 0.3) is 0 Å². The van der Waals surface area contributed by atoms with Gasteiger partial charge in [-0.2, -0.15) is 5.10 Å². The van der Waals surface area contributed by atoms with Crippen molar-refractivity contribution in [1.29, 1.82) is 0 Å². The summed E-state index contributed by atoms with van der Waals surface area (Å²) >= 11 is 0. The quantitative estimate of drug-likeness (QED) is 0.906. The van der Waals surface area contributed by atoms with Crippen molar-refractivity contribution in [3.05, 3.63) is 48.3 Å². The minimum absolute atomic E-state index is 0.409. The fourth-order valence-electron chi connectivity index (χ4n) is 2.82. The maximum atomic E-state index is 10.2. The maximum Gasteiger partial charge on any atom is 0.0910 e. The molecule has 0 aliphatic carbocycles. The number of anilines is 1. The van der Waals surface area contributed by atoms with Gasteiger partial charge in [0, 0.05) is 30.7 Å². The monoisotopic (exact) mass is 257 g/mol. The second-order valence-electron chi connectivity index (χ2n) is 5.22. The summed E-state index contributed by atoms with van der Waals surface area (Å²) in [7, 11) is 0. The molecular formula is C15H19N3O. The van der Waals surface area contributed by atoms with E-state index in [1.165, 1.54) is 11.3 Å². The second-order valence-corrected chi connectivity index (χ2v) is 5.22. The molecule has 2 atom stereocenters. The Labute approximate surface area is 113 Å². The Balaban J connectivity index is 1.69. The average molecular weight is 257 g/mol. The number of fused-ring (bicyclic) bond motifs is 1. The normalized spacial score (nSPS) is 19.5. The first kappa shape index (κ1) is 12.2. The zero-order valence-electron chi connectivity index (χ0n) is 11.1. The van der Waals surface area contributed by atoms with Crippen molar-refractivity contribution in [2.45, 2.75) is 32.0 Å². The summed E-state index contributed by atoms with van der Waals surface area (Å²) in [5.74, 6) is 0. The van der Waals surface area contributed by atoms with Gasteiger partial charge in [-0.3, -0.25) is 4.68 Å². The highest BCUT2D eigenvalue weighted by Gasteiger charge is 2.27. The van der Waals surface area contributed by atoms with Crippen LogP contribution in [0, 0.1) is 0 Å². The number of aliphatic hydroxyl groups excluding tert-OH is 1. The smallest absolute Gasteiger partial charge is 0.0910 e. The van der Waals surface area contributed by atoms with Crippen LogP contribution in [0.1, 0.15) is 12.5 Å². The van der Waals surface area contributed by atoms with Gasteiger partial charge in [0.2, 0.25) is 0 Å². The summed E-state index contributed by atoms with van der Waals surface area (Å²) in [6.45, 7) is 3.40. The second kappa shape index (κ2) is 5.05. The Kier molecular flexibility index (Phi) is 3.25. The predicted octanol–water partition coefficient (Wildman–Crippen LogP) is 1.70. The zero-order valence-corrected chi connectivity index (χ0v) is 11.1. The summed E-state index contributed by atoms with van der Waals surface area (Å²) in [5.41, 5.74) is 2.64. The topological polar surface area (TPSA) is 41.3 Å². The lowest BCUT2D eigenvalue weighted by Crippen LogP contribution is -2.38. The van der Waals surface area contributed by atoms with Gasteiger partial charge < -0.3 is 10.0 Å². The molecule has 4 heteroatoms. The number of aliphatic hydroxyl groups is 1. The first-order valence-electron chi connectivity index (χ1n) is 6.74. The summed E-state index contributed by atoms with van der Waals surface area (Å²) in [5, 5.41) is 14.4. The van der Waals surface area contributed by atoms with E-state index in [0.717, 1.165) is 6.42 Å². The van der Waals surface area contributed by atoms with E-state index in [4.69, 9.17) is 0 Å². The standard InChI is InChI=1S/C15H19N3O/c1-12-9-13-5-2-3-6-15(13)18(12)11-14(19)10-17-8-4-7-16-17/h2-8,12,14,19H,9-11H2,1H3/t12-,14-/m0/s1. The van der Waals surface area contributed by atoms with Crippen LogP contribution < -0.4 is 4.90 Å². The van der Waals surface area contributed by atoms with Crippen LogP contribution >= 0.6 is 0 Å². The molecule has 2 heterocycles. The van der Waals surface area contributed by atoms with E-state index in [1.54, 1.807) is 10.9 Å². The van der Waals surface area contributed by atoms with Crippen LogP contribution in [0.25, 0.3) is 0 Å². The number of benzene rings is 1. The number of rotatable bonds is 4. The third-order valence-electron chi connectivity index (χ3n) is 3.71. The van der Waals surface area contributed by atoms with Crippen LogP contribution in [0.15, 0.2) is 42.7 Å². The van der Waals surface area contributed by atoms with Crippen molar-refractivity contribution in [3.63, 3.8) is 0 Å². The lowest BCUT2D eigenvalue weighted by atomic mass is 10.1. The van der Waals surface area contributed by atoms with E-state index in [1.807, 2.05) is 12.3 Å². The summed E-state index contributed by atoms with van der Waals surface area (Å²) < 4.78 is 1.78. The van der Waals surface area contributed by atoms with E-state index in [9.17, 15) is 5.11 Å². The summed E-state index contributed by atoms with van der Waals surface area (Å²) in [4.78, 5) is 2.30. The van der Waals surface area contributed by atoms with Crippen molar-refractivity contribution in [1.82, 2.24) is 9.78 Å². The Morgan fingerprint density at radius 3 is 2.95 bits per heavy atom. The van der Waals surface area contributed by atoms with E-state index in [2.05, 4.69) is 41.2 Å². The highest BCUT2D eigenvalue weighted by atomic mass is 16.3. The molecule has 0 spiro atoms. The van der Waals surface area contributed by atoms with Crippen molar-refractivity contribution >= 4 is 5.69 Å². The number of hydrogen-bond acceptors (Lipinski definition) is 3. The van der Waals surface area contributed by atoms with E-state index >= 15 is 0 Å². The molecule has 0 saturated heterocycles. The minimum Gasteiger partial charge on any atom is -0.389 e. The van der Waals surface area contributed by atoms with Gasteiger partial charge in [-0.1, -0.05) is 18.2 Å². The molecule has 2 aromatic rings. The van der Waals surface area contributed by atoms with Gasteiger partial charge in [-0.15, -0.1) is 0 Å². The van der Waals surface area contributed by atoms with Crippen LogP contribution in [0.5, 0.6) is 0 Å². The molecule has 1 aromatic heterocycles. The SMILES string of the molecule is C[C@H]1Cc2ccccc2N1C[C@@H](O)Cn1cccn1. The van der Waals surface area contributed by atoms with Gasteiger partial charge in [-0.05, 0) is 31.0 Å². The third kappa shape index (κ3) is 2.49. The van der Waals surface area contributed by atoms with Crippen LogP contribution in [-0.2, 0) is 13.0 Å². The van der Waals surface area contributed by atoms with Gasteiger partial charge in [-0.25, -0.2) is 0 Å². The molecule has 3 rings (SSSR count). The van der Waals surface area contributed by atoms with Gasteiger partial charge in [0.1, 0.15) is 0 Å². The molecule has 100 valence electrons. The Hall–Kier alpha value is -1.81. The molecule has 1 N–H and O–H groups in total.